The van der Waals surface area contributed by atoms with Crippen molar-refractivity contribution in [2.45, 2.75) is 13.5 Å². The van der Waals surface area contributed by atoms with Crippen LogP contribution >= 0.6 is 35.4 Å². The normalized spacial score (nSPS) is 15.4. The number of hydrogen-bond acceptors (Lipinski definition) is 3. The summed E-state index contributed by atoms with van der Waals surface area (Å²) in [7, 11) is 1.97. The van der Waals surface area contributed by atoms with Crippen LogP contribution in [0.1, 0.15) is 11.3 Å². The molecule has 8 heteroatoms. The number of hydrogen-bond donors (Lipinski definition) is 1. The van der Waals surface area contributed by atoms with Gasteiger partial charge in [0, 0.05) is 56.1 Å². The van der Waals surface area contributed by atoms with Gasteiger partial charge >= 0.3 is 0 Å². The van der Waals surface area contributed by atoms with E-state index in [1.54, 1.807) is 12.1 Å². The van der Waals surface area contributed by atoms with E-state index in [0.29, 0.717) is 15.2 Å². The molecule has 0 unspecified atom stereocenters. The minimum atomic E-state index is 0.570. The van der Waals surface area contributed by atoms with Crippen LogP contribution in [0.15, 0.2) is 24.4 Å². The third-order valence-electron chi connectivity index (χ3n) is 4.56. The van der Waals surface area contributed by atoms with Crippen molar-refractivity contribution in [2.75, 3.05) is 31.5 Å². The monoisotopic (exact) mass is 397 g/mol. The number of aromatic nitrogens is 2. The largest absolute Gasteiger partial charge is 0.346 e. The fourth-order valence-electron chi connectivity index (χ4n) is 2.83. The van der Waals surface area contributed by atoms with Gasteiger partial charge in [-0.05, 0) is 37.3 Å². The first-order valence-electron chi connectivity index (χ1n) is 8.15. The van der Waals surface area contributed by atoms with Gasteiger partial charge in [-0.15, -0.1) is 0 Å². The summed E-state index contributed by atoms with van der Waals surface area (Å²) in [5.74, 6) is 0. The first-order valence-corrected chi connectivity index (χ1v) is 9.31. The molecule has 1 aliphatic heterocycles. The molecule has 2 aromatic rings. The number of halogens is 2. The molecule has 1 aromatic carbocycles. The average molecular weight is 398 g/mol. The second-order valence-corrected chi connectivity index (χ2v) is 7.43. The highest BCUT2D eigenvalue weighted by atomic mass is 35.5. The van der Waals surface area contributed by atoms with Crippen LogP contribution in [0.3, 0.4) is 0 Å². The Morgan fingerprint density at radius 2 is 1.96 bits per heavy atom. The molecule has 1 saturated heterocycles. The molecule has 2 heterocycles. The summed E-state index contributed by atoms with van der Waals surface area (Å²) in [6.07, 6.45) is 1.95. The van der Waals surface area contributed by atoms with Crippen LogP contribution in [-0.2, 0) is 13.6 Å². The van der Waals surface area contributed by atoms with E-state index in [-0.39, 0.29) is 0 Å². The predicted molar refractivity (Wildman–Crippen MR) is 107 cm³/mol. The molecule has 134 valence electrons. The number of nitrogens with zero attached hydrogens (tertiary/aromatic N) is 4. The molecule has 0 radical (unpaired) electrons. The fraction of sp³-hybridized carbons (Fsp3) is 0.412. The number of nitrogens with one attached hydrogen (secondary N) is 1. The van der Waals surface area contributed by atoms with Crippen LogP contribution < -0.4 is 5.32 Å². The summed E-state index contributed by atoms with van der Waals surface area (Å²) in [4.78, 5) is 4.60. The Morgan fingerprint density at radius 3 is 2.56 bits per heavy atom. The lowest BCUT2D eigenvalue weighted by atomic mass is 10.2. The molecule has 0 aliphatic carbocycles. The van der Waals surface area contributed by atoms with E-state index in [0.717, 1.165) is 38.4 Å². The Hall–Kier alpha value is -1.34. The summed E-state index contributed by atoms with van der Waals surface area (Å²) < 4.78 is 1.92. The lowest BCUT2D eigenvalue weighted by Gasteiger charge is -2.36. The predicted octanol–water partition coefficient (Wildman–Crippen LogP) is 3.55. The van der Waals surface area contributed by atoms with Crippen LogP contribution in [0, 0.1) is 6.92 Å². The molecule has 0 saturated carbocycles. The van der Waals surface area contributed by atoms with Crippen molar-refractivity contribution in [3.63, 3.8) is 0 Å². The standard InChI is InChI=1S/C17H21Cl2N5S/c1-12-13(10-20-22(12)2)11-23-5-7-24(8-6-23)17(25)21-16-4-3-14(18)9-15(16)19/h3-4,9-10H,5-8,11H2,1-2H3,(H,21,25). The summed E-state index contributed by atoms with van der Waals surface area (Å²) in [6.45, 7) is 6.73. The summed E-state index contributed by atoms with van der Waals surface area (Å²) in [5, 5.41) is 9.41. The Morgan fingerprint density at radius 1 is 1.24 bits per heavy atom. The second kappa shape index (κ2) is 7.91. The van der Waals surface area contributed by atoms with Crippen molar-refractivity contribution in [1.82, 2.24) is 19.6 Å². The fourth-order valence-corrected chi connectivity index (χ4v) is 3.58. The molecule has 0 amide bonds. The highest BCUT2D eigenvalue weighted by molar-refractivity contribution is 7.80. The minimum absolute atomic E-state index is 0.570. The molecule has 25 heavy (non-hydrogen) atoms. The molecule has 1 fully saturated rings. The van der Waals surface area contributed by atoms with Gasteiger partial charge in [0.25, 0.3) is 0 Å². The number of thiocarbonyl (C=S) groups is 1. The van der Waals surface area contributed by atoms with Crippen LogP contribution in [0.2, 0.25) is 10.0 Å². The van der Waals surface area contributed by atoms with E-state index in [2.05, 4.69) is 27.1 Å². The van der Waals surface area contributed by atoms with E-state index >= 15 is 0 Å². The van der Waals surface area contributed by atoms with Crippen molar-refractivity contribution in [1.29, 1.82) is 0 Å². The minimum Gasteiger partial charge on any atom is -0.346 e. The third kappa shape index (κ3) is 4.44. The second-order valence-electron chi connectivity index (χ2n) is 6.20. The molecule has 5 nitrogen and oxygen atoms in total. The van der Waals surface area contributed by atoms with E-state index in [4.69, 9.17) is 35.4 Å². The molecular weight excluding hydrogens is 377 g/mol. The van der Waals surface area contributed by atoms with Crippen molar-refractivity contribution >= 4 is 46.2 Å². The molecule has 1 aromatic heterocycles. The van der Waals surface area contributed by atoms with Gasteiger partial charge in [0.15, 0.2) is 5.11 Å². The van der Waals surface area contributed by atoms with E-state index in [9.17, 15) is 0 Å². The number of aryl methyl sites for hydroxylation is 1. The summed E-state index contributed by atoms with van der Waals surface area (Å²) >= 11 is 17.7. The molecule has 3 rings (SSSR count). The molecule has 1 N–H and O–H groups in total. The molecule has 0 atom stereocenters. The smallest absolute Gasteiger partial charge is 0.173 e. The van der Waals surface area contributed by atoms with Gasteiger partial charge in [-0.2, -0.15) is 5.10 Å². The number of piperazine rings is 1. The average Bonchev–Trinajstić information content (AvgIpc) is 2.90. The van der Waals surface area contributed by atoms with Crippen LogP contribution in [0.25, 0.3) is 0 Å². The van der Waals surface area contributed by atoms with Gasteiger partial charge in [-0.3, -0.25) is 9.58 Å². The van der Waals surface area contributed by atoms with Crippen molar-refractivity contribution < 1.29 is 0 Å². The Labute approximate surface area is 163 Å². The first kappa shape index (κ1) is 18.5. The van der Waals surface area contributed by atoms with Crippen molar-refractivity contribution in [2.24, 2.45) is 7.05 Å². The number of benzene rings is 1. The first-order chi connectivity index (χ1) is 11.9. The maximum atomic E-state index is 6.20. The van der Waals surface area contributed by atoms with Crippen LogP contribution in [-0.4, -0.2) is 50.9 Å². The topological polar surface area (TPSA) is 36.3 Å². The highest BCUT2D eigenvalue weighted by Gasteiger charge is 2.20. The number of rotatable bonds is 3. The van der Waals surface area contributed by atoms with E-state index in [1.165, 1.54) is 11.3 Å². The Kier molecular flexibility index (Phi) is 5.84. The van der Waals surface area contributed by atoms with Gasteiger partial charge in [-0.1, -0.05) is 23.2 Å². The zero-order valence-electron chi connectivity index (χ0n) is 14.3. The van der Waals surface area contributed by atoms with Gasteiger partial charge in [0.2, 0.25) is 0 Å². The highest BCUT2D eigenvalue weighted by Crippen LogP contribution is 2.25. The maximum absolute atomic E-state index is 6.20. The van der Waals surface area contributed by atoms with Crippen LogP contribution in [0.5, 0.6) is 0 Å². The van der Waals surface area contributed by atoms with Crippen molar-refractivity contribution in [3.05, 3.63) is 45.7 Å². The zero-order valence-corrected chi connectivity index (χ0v) is 16.6. The third-order valence-corrected chi connectivity index (χ3v) is 5.47. The number of anilines is 1. The SMILES string of the molecule is Cc1c(CN2CCN(C(=S)Nc3ccc(Cl)cc3Cl)CC2)cnn1C. The van der Waals surface area contributed by atoms with Gasteiger partial charge in [0.05, 0.1) is 16.9 Å². The molecule has 1 aliphatic rings. The maximum Gasteiger partial charge on any atom is 0.173 e. The quantitative estimate of drug-likeness (QED) is 0.801. The zero-order chi connectivity index (χ0) is 18.0. The van der Waals surface area contributed by atoms with E-state index < -0.39 is 0 Å². The lowest BCUT2D eigenvalue weighted by Crippen LogP contribution is -2.49. The Balaban J connectivity index is 1.53. The van der Waals surface area contributed by atoms with Gasteiger partial charge in [0.1, 0.15) is 0 Å². The lowest BCUT2D eigenvalue weighted by molar-refractivity contribution is 0.176. The summed E-state index contributed by atoms with van der Waals surface area (Å²) in [6, 6.07) is 5.35. The Bertz CT molecular complexity index is 768. The van der Waals surface area contributed by atoms with Crippen molar-refractivity contribution in [3.8, 4) is 0 Å². The van der Waals surface area contributed by atoms with E-state index in [1.807, 2.05) is 24.0 Å². The molecular formula is C17H21Cl2N5S. The molecule has 0 spiro atoms. The van der Waals surface area contributed by atoms with Crippen LogP contribution in [0.4, 0.5) is 5.69 Å². The van der Waals surface area contributed by atoms with Gasteiger partial charge < -0.3 is 10.2 Å². The molecule has 0 bridgehead atoms. The van der Waals surface area contributed by atoms with Gasteiger partial charge in [-0.25, -0.2) is 0 Å². The summed E-state index contributed by atoms with van der Waals surface area (Å²) in [5.41, 5.74) is 3.28.